The Morgan fingerprint density at radius 3 is 2.48 bits per heavy atom. The first kappa shape index (κ1) is 16.3. The molecule has 0 radical (unpaired) electrons. The molecule has 1 fully saturated rings. The van der Waals surface area contributed by atoms with Crippen molar-refractivity contribution >= 4 is 23.3 Å². The topological polar surface area (TPSA) is 49.3 Å². The number of hydrogen-bond acceptors (Lipinski definition) is 4. The van der Waals surface area contributed by atoms with Gasteiger partial charge in [-0.25, -0.2) is 0 Å². The Labute approximate surface area is 152 Å². The number of rotatable bonds is 2. The normalized spacial score (nSPS) is 18.1. The van der Waals surface area contributed by atoms with E-state index in [4.69, 9.17) is 11.6 Å². The zero-order valence-corrected chi connectivity index (χ0v) is 14.8. The quantitative estimate of drug-likeness (QED) is 0.830. The molecular weight excluding hydrogens is 336 g/mol. The van der Waals surface area contributed by atoms with Gasteiger partial charge in [0.1, 0.15) is 0 Å². The summed E-state index contributed by atoms with van der Waals surface area (Å²) < 4.78 is 0. The Morgan fingerprint density at radius 2 is 1.76 bits per heavy atom. The molecule has 0 unspecified atom stereocenters. The summed E-state index contributed by atoms with van der Waals surface area (Å²) in [5.41, 5.74) is 2.67. The summed E-state index contributed by atoms with van der Waals surface area (Å²) in [4.78, 5) is 17.1. The monoisotopic (exact) mass is 356 g/mol. The largest absolute Gasteiger partial charge is 0.355 e. The van der Waals surface area contributed by atoms with Crippen LogP contribution in [0.4, 0.5) is 5.82 Å². The minimum Gasteiger partial charge on any atom is -0.355 e. The third-order valence-corrected chi connectivity index (χ3v) is 5.43. The highest BCUT2D eigenvalue weighted by atomic mass is 35.5. The summed E-state index contributed by atoms with van der Waals surface area (Å²) in [6, 6.07) is 12.1. The highest BCUT2D eigenvalue weighted by molar-refractivity contribution is 6.29. The van der Waals surface area contributed by atoms with E-state index in [0.29, 0.717) is 11.1 Å². The van der Waals surface area contributed by atoms with Crippen molar-refractivity contribution in [3.63, 3.8) is 0 Å². The lowest BCUT2D eigenvalue weighted by atomic mass is 9.93. The van der Waals surface area contributed by atoms with E-state index in [-0.39, 0.29) is 5.92 Å². The van der Waals surface area contributed by atoms with Crippen LogP contribution >= 0.6 is 11.6 Å². The Hall–Kier alpha value is -2.14. The first-order chi connectivity index (χ1) is 12.2. The second-order valence-electron chi connectivity index (χ2n) is 6.75. The van der Waals surface area contributed by atoms with E-state index < -0.39 is 0 Å². The smallest absolute Gasteiger partial charge is 0.226 e. The molecule has 130 valence electrons. The number of fused-ring (bicyclic) bond motifs is 1. The zero-order chi connectivity index (χ0) is 17.2. The van der Waals surface area contributed by atoms with E-state index in [2.05, 4.69) is 39.4 Å². The predicted octanol–water partition coefficient (Wildman–Crippen LogP) is 2.93. The van der Waals surface area contributed by atoms with E-state index >= 15 is 0 Å². The maximum atomic E-state index is 12.9. The maximum Gasteiger partial charge on any atom is 0.226 e. The van der Waals surface area contributed by atoms with Crippen LogP contribution < -0.4 is 4.90 Å². The average Bonchev–Trinajstić information content (AvgIpc) is 2.68. The third kappa shape index (κ3) is 3.47. The second-order valence-corrected chi connectivity index (χ2v) is 7.14. The van der Waals surface area contributed by atoms with Gasteiger partial charge in [0.15, 0.2) is 11.0 Å². The van der Waals surface area contributed by atoms with Gasteiger partial charge in [0.05, 0.1) is 0 Å². The number of anilines is 1. The first-order valence-electron chi connectivity index (χ1n) is 8.80. The van der Waals surface area contributed by atoms with E-state index in [1.165, 1.54) is 11.1 Å². The fourth-order valence-electron chi connectivity index (χ4n) is 3.78. The number of piperidine rings is 1. The van der Waals surface area contributed by atoms with Crippen LogP contribution in [0.2, 0.25) is 5.15 Å². The molecule has 1 aromatic carbocycles. The van der Waals surface area contributed by atoms with Crippen LogP contribution in [0.1, 0.15) is 24.0 Å². The summed E-state index contributed by atoms with van der Waals surface area (Å²) >= 11 is 5.79. The molecule has 1 aromatic heterocycles. The van der Waals surface area contributed by atoms with Gasteiger partial charge in [-0.15, -0.1) is 10.2 Å². The number of hydrogen-bond donors (Lipinski definition) is 0. The number of nitrogens with zero attached hydrogens (tertiary/aromatic N) is 4. The molecule has 0 N–H and O–H groups in total. The SMILES string of the molecule is O=C(C1CCN(c2ccc(Cl)nn2)CC1)N1CCc2ccccc2C1. The highest BCUT2D eigenvalue weighted by Gasteiger charge is 2.30. The van der Waals surface area contributed by atoms with Crippen LogP contribution in [-0.2, 0) is 17.8 Å². The summed E-state index contributed by atoms with van der Waals surface area (Å²) in [5.74, 6) is 1.25. The number of halogens is 1. The molecular formula is C19H21ClN4O. The number of amides is 1. The number of carbonyl (C=O) groups is 1. The molecule has 5 nitrogen and oxygen atoms in total. The molecule has 2 aromatic rings. The van der Waals surface area contributed by atoms with Crippen molar-refractivity contribution < 1.29 is 4.79 Å². The van der Waals surface area contributed by atoms with Crippen LogP contribution in [0.3, 0.4) is 0 Å². The lowest BCUT2D eigenvalue weighted by Crippen LogP contribution is -2.44. The van der Waals surface area contributed by atoms with Crippen LogP contribution in [0.5, 0.6) is 0 Å². The molecule has 3 heterocycles. The van der Waals surface area contributed by atoms with Crippen molar-refractivity contribution in [3.8, 4) is 0 Å². The lowest BCUT2D eigenvalue weighted by molar-refractivity contribution is -0.137. The summed E-state index contributed by atoms with van der Waals surface area (Å²) in [5, 5.41) is 8.44. The third-order valence-electron chi connectivity index (χ3n) is 5.23. The Balaban J connectivity index is 1.36. The number of carbonyl (C=O) groups excluding carboxylic acids is 1. The fourth-order valence-corrected chi connectivity index (χ4v) is 3.88. The molecule has 0 saturated carbocycles. The van der Waals surface area contributed by atoms with Gasteiger partial charge in [-0.2, -0.15) is 0 Å². The maximum absolute atomic E-state index is 12.9. The van der Waals surface area contributed by atoms with Gasteiger partial charge >= 0.3 is 0 Å². The minimum atomic E-state index is 0.113. The molecule has 4 rings (SSSR count). The van der Waals surface area contributed by atoms with Crippen LogP contribution in [0.15, 0.2) is 36.4 Å². The van der Waals surface area contributed by atoms with Gasteiger partial charge in [0.25, 0.3) is 0 Å². The van der Waals surface area contributed by atoms with Gasteiger partial charge in [-0.1, -0.05) is 35.9 Å². The molecule has 0 bridgehead atoms. The highest BCUT2D eigenvalue weighted by Crippen LogP contribution is 2.26. The van der Waals surface area contributed by atoms with Crippen LogP contribution in [0.25, 0.3) is 0 Å². The number of aromatic nitrogens is 2. The Morgan fingerprint density at radius 1 is 1.00 bits per heavy atom. The van der Waals surface area contributed by atoms with Gasteiger partial charge in [-0.05, 0) is 42.5 Å². The molecule has 2 aliphatic heterocycles. The Kier molecular flexibility index (Phi) is 4.57. The molecule has 0 spiro atoms. The van der Waals surface area contributed by atoms with Crippen molar-refractivity contribution in [2.45, 2.75) is 25.8 Å². The zero-order valence-electron chi connectivity index (χ0n) is 14.1. The number of benzene rings is 1. The van der Waals surface area contributed by atoms with Crippen molar-refractivity contribution in [2.24, 2.45) is 5.92 Å². The second kappa shape index (κ2) is 7.00. The lowest BCUT2D eigenvalue weighted by Gasteiger charge is -2.36. The first-order valence-corrected chi connectivity index (χ1v) is 9.18. The average molecular weight is 357 g/mol. The molecule has 0 atom stereocenters. The van der Waals surface area contributed by atoms with Crippen molar-refractivity contribution in [3.05, 3.63) is 52.7 Å². The van der Waals surface area contributed by atoms with Gasteiger partial charge in [-0.3, -0.25) is 4.79 Å². The predicted molar refractivity (Wildman–Crippen MR) is 97.5 cm³/mol. The van der Waals surface area contributed by atoms with Gasteiger partial charge in [0.2, 0.25) is 5.91 Å². The summed E-state index contributed by atoms with van der Waals surface area (Å²) in [6.45, 7) is 3.24. The minimum absolute atomic E-state index is 0.113. The van der Waals surface area contributed by atoms with E-state index in [9.17, 15) is 4.79 Å². The standard InChI is InChI=1S/C19H21ClN4O/c20-17-5-6-18(22-21-17)23-10-8-15(9-11-23)19(25)24-12-7-14-3-1-2-4-16(14)13-24/h1-6,15H,7-13H2. The van der Waals surface area contributed by atoms with E-state index in [0.717, 1.165) is 51.3 Å². The molecule has 6 heteroatoms. The molecule has 25 heavy (non-hydrogen) atoms. The van der Waals surface area contributed by atoms with Crippen molar-refractivity contribution in [2.75, 3.05) is 24.5 Å². The molecule has 2 aliphatic rings. The summed E-state index contributed by atoms with van der Waals surface area (Å²) in [6.07, 6.45) is 2.68. The van der Waals surface area contributed by atoms with Crippen molar-refractivity contribution in [1.82, 2.24) is 15.1 Å². The Bertz CT molecular complexity index is 756. The molecule has 0 aliphatic carbocycles. The van der Waals surface area contributed by atoms with Gasteiger partial charge < -0.3 is 9.80 Å². The van der Waals surface area contributed by atoms with Crippen LogP contribution in [-0.4, -0.2) is 40.6 Å². The van der Waals surface area contributed by atoms with E-state index in [1.54, 1.807) is 6.07 Å². The van der Waals surface area contributed by atoms with E-state index in [1.807, 2.05) is 11.0 Å². The summed E-state index contributed by atoms with van der Waals surface area (Å²) in [7, 11) is 0. The molecule has 1 saturated heterocycles. The van der Waals surface area contributed by atoms with Gasteiger partial charge in [0, 0.05) is 32.1 Å². The van der Waals surface area contributed by atoms with Crippen LogP contribution in [0, 0.1) is 5.92 Å². The fraction of sp³-hybridized carbons (Fsp3) is 0.421. The van der Waals surface area contributed by atoms with Crippen molar-refractivity contribution in [1.29, 1.82) is 0 Å². The molecule has 1 amide bonds.